The third-order valence-corrected chi connectivity index (χ3v) is 6.17. The van der Waals surface area contributed by atoms with Gasteiger partial charge in [0.15, 0.2) is 0 Å². The quantitative estimate of drug-likeness (QED) is 0.763. The fourth-order valence-corrected chi connectivity index (χ4v) is 4.23. The summed E-state index contributed by atoms with van der Waals surface area (Å²) in [5, 5.41) is 10.4. The summed E-state index contributed by atoms with van der Waals surface area (Å²) in [4.78, 5) is 16.9. The summed E-state index contributed by atoms with van der Waals surface area (Å²) in [7, 11) is 4.02. The van der Waals surface area contributed by atoms with E-state index in [0.29, 0.717) is 13.1 Å². The van der Waals surface area contributed by atoms with Gasteiger partial charge in [0.2, 0.25) is 0 Å². The largest absolute Gasteiger partial charge is 0.336 e. The van der Waals surface area contributed by atoms with Crippen molar-refractivity contribution in [3.05, 3.63) is 42.1 Å². The molecule has 2 aromatic rings. The van der Waals surface area contributed by atoms with Gasteiger partial charge >= 0.3 is 6.03 Å². The molecule has 152 valence electrons. The second-order valence-corrected chi connectivity index (χ2v) is 7.95. The van der Waals surface area contributed by atoms with E-state index in [1.165, 1.54) is 19.3 Å². The maximum Gasteiger partial charge on any atom is 0.317 e. The minimum atomic E-state index is -0.0327. The molecule has 0 radical (unpaired) electrons. The number of amides is 2. The zero-order valence-corrected chi connectivity index (χ0v) is 17.4. The molecule has 2 N–H and O–H groups in total. The van der Waals surface area contributed by atoms with Crippen LogP contribution in [-0.2, 0) is 6.54 Å². The zero-order valence-electron chi connectivity index (χ0n) is 17.4. The standard InChI is InChI=1S/C22H33N5O/c1-4-27(3)22(13-9-6-10-14-22)17-23-21(28)26(2)16-19-15-24-25-20(19)18-11-7-5-8-12-18/h5,7-8,11-12,15H,4,6,9-10,13-14,16-17H2,1-3H3,(H,23,28)(H,24,25). The Bertz CT molecular complexity index is 751. The van der Waals surface area contributed by atoms with Crippen molar-refractivity contribution >= 4 is 6.03 Å². The van der Waals surface area contributed by atoms with Gasteiger partial charge in [-0.25, -0.2) is 4.79 Å². The van der Waals surface area contributed by atoms with E-state index >= 15 is 0 Å². The number of H-pyrrole nitrogens is 1. The number of urea groups is 1. The Kier molecular flexibility index (Phi) is 6.73. The number of carbonyl (C=O) groups is 1. The molecule has 1 fully saturated rings. The maximum atomic E-state index is 12.8. The Labute approximate surface area is 168 Å². The molecule has 0 atom stereocenters. The van der Waals surface area contributed by atoms with Crippen LogP contribution in [0.25, 0.3) is 11.3 Å². The van der Waals surface area contributed by atoms with Crippen LogP contribution in [0.4, 0.5) is 4.79 Å². The number of nitrogens with zero attached hydrogens (tertiary/aromatic N) is 3. The van der Waals surface area contributed by atoms with Crippen LogP contribution in [0.5, 0.6) is 0 Å². The number of hydrogen-bond acceptors (Lipinski definition) is 3. The summed E-state index contributed by atoms with van der Waals surface area (Å²) in [5.74, 6) is 0. The summed E-state index contributed by atoms with van der Waals surface area (Å²) in [6, 6.07) is 10.1. The Morgan fingerprint density at radius 1 is 1.18 bits per heavy atom. The summed E-state index contributed by atoms with van der Waals surface area (Å²) >= 11 is 0. The smallest absolute Gasteiger partial charge is 0.317 e. The summed E-state index contributed by atoms with van der Waals surface area (Å²) in [5.41, 5.74) is 3.15. The third-order valence-electron chi connectivity index (χ3n) is 6.17. The van der Waals surface area contributed by atoms with Crippen LogP contribution in [0.15, 0.2) is 36.5 Å². The molecule has 6 nitrogen and oxygen atoms in total. The highest BCUT2D eigenvalue weighted by atomic mass is 16.2. The molecule has 2 amide bonds. The van der Waals surface area contributed by atoms with Gasteiger partial charge in [-0.3, -0.25) is 10.00 Å². The summed E-state index contributed by atoms with van der Waals surface area (Å²) in [6.07, 6.45) is 7.90. The average molecular weight is 384 g/mol. The number of aromatic nitrogens is 2. The van der Waals surface area contributed by atoms with Gasteiger partial charge in [-0.1, -0.05) is 56.5 Å². The monoisotopic (exact) mass is 383 g/mol. The van der Waals surface area contributed by atoms with Crippen molar-refractivity contribution in [1.29, 1.82) is 0 Å². The molecule has 0 spiro atoms. The molecule has 1 aromatic carbocycles. The zero-order chi connectivity index (χ0) is 20.0. The van der Waals surface area contributed by atoms with Crippen molar-refractivity contribution in [3.8, 4) is 11.3 Å². The maximum absolute atomic E-state index is 12.8. The van der Waals surface area contributed by atoms with Crippen molar-refractivity contribution in [1.82, 2.24) is 25.3 Å². The van der Waals surface area contributed by atoms with E-state index in [1.54, 1.807) is 11.1 Å². The number of nitrogens with one attached hydrogen (secondary N) is 2. The van der Waals surface area contributed by atoms with Gasteiger partial charge in [0, 0.05) is 24.7 Å². The molecule has 3 rings (SSSR count). The molecule has 1 heterocycles. The number of aromatic amines is 1. The van der Waals surface area contributed by atoms with E-state index in [-0.39, 0.29) is 11.6 Å². The van der Waals surface area contributed by atoms with Crippen molar-refractivity contribution < 1.29 is 4.79 Å². The lowest BCUT2D eigenvalue weighted by Crippen LogP contribution is -2.56. The SMILES string of the molecule is CCN(C)C1(CNC(=O)N(C)Cc2cn[nH]c2-c2ccccc2)CCCCC1. The predicted molar refractivity (Wildman–Crippen MR) is 113 cm³/mol. The topological polar surface area (TPSA) is 64.3 Å². The number of likely N-dealkylation sites (N-methyl/N-ethyl adjacent to an activating group) is 1. The van der Waals surface area contributed by atoms with Crippen LogP contribution in [0, 0.1) is 0 Å². The van der Waals surface area contributed by atoms with Crippen molar-refractivity contribution in [2.45, 2.75) is 51.1 Å². The number of benzene rings is 1. The minimum Gasteiger partial charge on any atom is -0.336 e. The first-order chi connectivity index (χ1) is 13.6. The van der Waals surface area contributed by atoms with Gasteiger partial charge in [-0.15, -0.1) is 0 Å². The van der Waals surface area contributed by atoms with Gasteiger partial charge in [0.1, 0.15) is 0 Å². The number of hydrogen-bond donors (Lipinski definition) is 2. The van der Waals surface area contributed by atoms with Gasteiger partial charge in [-0.05, 0) is 32.0 Å². The first-order valence-corrected chi connectivity index (χ1v) is 10.3. The highest BCUT2D eigenvalue weighted by Crippen LogP contribution is 2.32. The van der Waals surface area contributed by atoms with E-state index in [9.17, 15) is 4.79 Å². The van der Waals surface area contributed by atoms with E-state index < -0.39 is 0 Å². The third kappa shape index (κ3) is 4.55. The Morgan fingerprint density at radius 3 is 2.57 bits per heavy atom. The second kappa shape index (κ2) is 9.24. The lowest BCUT2D eigenvalue weighted by atomic mass is 9.80. The molecule has 1 aromatic heterocycles. The van der Waals surface area contributed by atoms with Crippen LogP contribution in [0.3, 0.4) is 0 Å². The molecule has 28 heavy (non-hydrogen) atoms. The van der Waals surface area contributed by atoms with Crippen LogP contribution in [0.2, 0.25) is 0 Å². The molecule has 1 saturated carbocycles. The molecule has 0 saturated heterocycles. The fourth-order valence-electron chi connectivity index (χ4n) is 4.23. The van der Waals surface area contributed by atoms with E-state index in [1.807, 2.05) is 37.4 Å². The molecular formula is C22H33N5O. The lowest BCUT2D eigenvalue weighted by Gasteiger charge is -2.44. The van der Waals surface area contributed by atoms with Gasteiger partial charge in [0.05, 0.1) is 18.4 Å². The molecule has 1 aliphatic rings. The van der Waals surface area contributed by atoms with Crippen LogP contribution in [-0.4, -0.2) is 58.8 Å². The Balaban J connectivity index is 1.62. The van der Waals surface area contributed by atoms with Crippen molar-refractivity contribution in [3.63, 3.8) is 0 Å². The van der Waals surface area contributed by atoms with Gasteiger partial charge in [-0.2, -0.15) is 5.10 Å². The first-order valence-electron chi connectivity index (χ1n) is 10.3. The normalized spacial score (nSPS) is 16.1. The average Bonchev–Trinajstić information content (AvgIpc) is 3.20. The molecule has 0 unspecified atom stereocenters. The molecule has 0 bridgehead atoms. The molecule has 6 heteroatoms. The minimum absolute atomic E-state index is 0.0327. The van der Waals surface area contributed by atoms with Crippen LogP contribution < -0.4 is 5.32 Å². The van der Waals surface area contributed by atoms with Crippen molar-refractivity contribution in [2.75, 3.05) is 27.2 Å². The Hall–Kier alpha value is -2.34. The van der Waals surface area contributed by atoms with Crippen LogP contribution in [0.1, 0.15) is 44.6 Å². The second-order valence-electron chi connectivity index (χ2n) is 7.95. The van der Waals surface area contributed by atoms with Crippen LogP contribution >= 0.6 is 0 Å². The number of rotatable bonds is 7. The van der Waals surface area contributed by atoms with Gasteiger partial charge < -0.3 is 10.2 Å². The summed E-state index contributed by atoms with van der Waals surface area (Å²) < 4.78 is 0. The van der Waals surface area contributed by atoms with E-state index in [0.717, 1.165) is 36.2 Å². The first kappa shape index (κ1) is 20.4. The van der Waals surface area contributed by atoms with Crippen molar-refractivity contribution in [2.24, 2.45) is 0 Å². The number of carbonyl (C=O) groups excluding carboxylic acids is 1. The summed E-state index contributed by atoms with van der Waals surface area (Å²) in [6.45, 7) is 4.41. The molecule has 0 aliphatic heterocycles. The lowest BCUT2D eigenvalue weighted by molar-refractivity contribution is 0.0793. The highest BCUT2D eigenvalue weighted by molar-refractivity contribution is 5.74. The Morgan fingerprint density at radius 2 is 1.89 bits per heavy atom. The highest BCUT2D eigenvalue weighted by Gasteiger charge is 2.35. The fraction of sp³-hybridized carbons (Fsp3) is 0.545. The van der Waals surface area contributed by atoms with E-state index in [2.05, 4.69) is 34.4 Å². The molecular weight excluding hydrogens is 350 g/mol. The molecule has 1 aliphatic carbocycles. The van der Waals surface area contributed by atoms with E-state index in [4.69, 9.17) is 0 Å². The predicted octanol–water partition coefficient (Wildman–Crippen LogP) is 3.87. The van der Waals surface area contributed by atoms with Gasteiger partial charge in [0.25, 0.3) is 0 Å².